The Hall–Kier alpha value is -0.380. The predicted molar refractivity (Wildman–Crippen MR) is 41.1 cm³/mol. The van der Waals surface area contributed by atoms with Gasteiger partial charge in [-0.05, 0) is 19.4 Å². The zero-order valence-electron chi connectivity index (χ0n) is 6.91. The summed E-state index contributed by atoms with van der Waals surface area (Å²) < 4.78 is 10.4. The van der Waals surface area contributed by atoms with Crippen LogP contribution in [0.5, 0.6) is 0 Å². The number of ether oxygens (including phenoxy) is 2. The Morgan fingerprint density at radius 3 is 3.09 bits per heavy atom. The first kappa shape index (κ1) is 8.71. The van der Waals surface area contributed by atoms with Gasteiger partial charge in [0.05, 0.1) is 12.2 Å². The number of aliphatic hydroxyl groups excluding tert-OH is 1. The second kappa shape index (κ2) is 3.34. The van der Waals surface area contributed by atoms with E-state index in [1.165, 1.54) is 0 Å². The summed E-state index contributed by atoms with van der Waals surface area (Å²) in [6, 6.07) is 0. The first-order chi connectivity index (χ1) is 5.20. The van der Waals surface area contributed by atoms with E-state index >= 15 is 0 Å². The largest absolute Gasteiger partial charge is 0.393 e. The Bertz CT molecular complexity index is 155. The van der Waals surface area contributed by atoms with Crippen molar-refractivity contribution in [2.45, 2.75) is 25.2 Å². The lowest BCUT2D eigenvalue weighted by Gasteiger charge is -2.32. The molecule has 11 heavy (non-hydrogen) atoms. The molecule has 0 amide bonds. The van der Waals surface area contributed by atoms with Crippen molar-refractivity contribution in [3.05, 3.63) is 12.2 Å². The minimum atomic E-state index is -0.463. The minimum absolute atomic E-state index is 0.0250. The molecule has 0 saturated carbocycles. The molecule has 0 bridgehead atoms. The lowest BCUT2D eigenvalue weighted by molar-refractivity contribution is -0.187. The molecule has 0 aromatic carbocycles. The van der Waals surface area contributed by atoms with Crippen molar-refractivity contribution in [3.8, 4) is 0 Å². The van der Waals surface area contributed by atoms with Crippen molar-refractivity contribution in [1.82, 2.24) is 0 Å². The third-order valence-electron chi connectivity index (χ3n) is 1.81. The predicted octanol–water partition coefficient (Wildman–Crippen LogP) is 0.686. The zero-order chi connectivity index (χ0) is 8.32. The Morgan fingerprint density at radius 2 is 2.55 bits per heavy atom. The third-order valence-corrected chi connectivity index (χ3v) is 1.81. The van der Waals surface area contributed by atoms with Gasteiger partial charge in [-0.3, -0.25) is 0 Å². The molecule has 3 nitrogen and oxygen atoms in total. The molecular formula is C8H14O3. The maximum atomic E-state index is 8.95. The van der Waals surface area contributed by atoms with Gasteiger partial charge >= 0.3 is 0 Å². The molecule has 1 rings (SSSR count). The summed E-state index contributed by atoms with van der Waals surface area (Å²) in [5.74, 6) is 0. The van der Waals surface area contributed by atoms with Crippen LogP contribution in [0.1, 0.15) is 13.3 Å². The van der Waals surface area contributed by atoms with Gasteiger partial charge in [-0.25, -0.2) is 0 Å². The molecule has 0 unspecified atom stereocenters. The molecule has 0 aliphatic carbocycles. The molecule has 0 aromatic rings. The fourth-order valence-electron chi connectivity index (χ4n) is 1.02. The van der Waals surface area contributed by atoms with Crippen LogP contribution >= 0.6 is 0 Å². The van der Waals surface area contributed by atoms with E-state index in [2.05, 4.69) is 0 Å². The molecule has 0 saturated heterocycles. The Labute approximate surface area is 66.6 Å². The third kappa shape index (κ3) is 2.02. The van der Waals surface area contributed by atoms with Crippen LogP contribution in [0, 0.1) is 0 Å². The van der Waals surface area contributed by atoms with Crippen LogP contribution in [0.3, 0.4) is 0 Å². The van der Waals surface area contributed by atoms with E-state index in [0.717, 1.165) is 6.42 Å². The van der Waals surface area contributed by atoms with Crippen LogP contribution in [-0.2, 0) is 9.47 Å². The Kier molecular flexibility index (Phi) is 2.65. The van der Waals surface area contributed by atoms with Gasteiger partial charge in [0.15, 0.2) is 6.29 Å². The van der Waals surface area contributed by atoms with Crippen LogP contribution < -0.4 is 0 Å². The highest BCUT2D eigenvalue weighted by atomic mass is 16.7. The molecule has 64 valence electrons. The first-order valence-corrected chi connectivity index (χ1v) is 3.68. The maximum absolute atomic E-state index is 8.95. The van der Waals surface area contributed by atoms with Gasteiger partial charge in [-0.1, -0.05) is 6.08 Å². The maximum Gasteiger partial charge on any atom is 0.177 e. The molecule has 1 N–H and O–H groups in total. The number of rotatable bonds is 2. The Morgan fingerprint density at radius 1 is 1.82 bits per heavy atom. The van der Waals surface area contributed by atoms with Crippen LogP contribution in [-0.4, -0.2) is 30.7 Å². The van der Waals surface area contributed by atoms with Crippen molar-refractivity contribution in [2.24, 2.45) is 0 Å². The van der Waals surface area contributed by atoms with E-state index in [1.54, 1.807) is 7.11 Å². The van der Waals surface area contributed by atoms with Crippen LogP contribution in [0.15, 0.2) is 12.2 Å². The highest BCUT2D eigenvalue weighted by molar-refractivity contribution is 4.97. The molecular weight excluding hydrogens is 144 g/mol. The Balaban J connectivity index is 2.57. The standard InChI is InChI=1S/C8H14O3/c1-8(6-9)5-3-4-7(10-2)11-8/h3-4,7,9H,5-6H2,1-2H3/t7-,8+/m1/s1. The normalized spacial score (nSPS) is 37.5. The summed E-state index contributed by atoms with van der Waals surface area (Å²) in [7, 11) is 1.58. The molecule has 1 aliphatic rings. The van der Waals surface area contributed by atoms with Gasteiger partial charge in [0.25, 0.3) is 0 Å². The van der Waals surface area contributed by atoms with Crippen LogP contribution in [0.2, 0.25) is 0 Å². The number of hydrogen-bond donors (Lipinski definition) is 1. The average Bonchev–Trinajstić information content (AvgIpc) is 2.05. The fraction of sp³-hybridized carbons (Fsp3) is 0.750. The number of aliphatic hydroxyl groups is 1. The van der Waals surface area contributed by atoms with Gasteiger partial charge in [0.1, 0.15) is 0 Å². The van der Waals surface area contributed by atoms with Gasteiger partial charge in [-0.15, -0.1) is 0 Å². The summed E-state index contributed by atoms with van der Waals surface area (Å²) in [4.78, 5) is 0. The van der Waals surface area contributed by atoms with Gasteiger partial charge in [0, 0.05) is 7.11 Å². The van der Waals surface area contributed by atoms with Gasteiger partial charge in [-0.2, -0.15) is 0 Å². The number of methoxy groups -OCH3 is 1. The van der Waals surface area contributed by atoms with E-state index in [1.807, 2.05) is 19.1 Å². The summed E-state index contributed by atoms with van der Waals surface area (Å²) in [5, 5.41) is 8.95. The van der Waals surface area contributed by atoms with E-state index < -0.39 is 5.60 Å². The molecule has 0 spiro atoms. The minimum Gasteiger partial charge on any atom is -0.393 e. The molecule has 0 fully saturated rings. The highest BCUT2D eigenvalue weighted by Crippen LogP contribution is 2.23. The van der Waals surface area contributed by atoms with E-state index in [-0.39, 0.29) is 12.9 Å². The number of hydrogen-bond acceptors (Lipinski definition) is 3. The first-order valence-electron chi connectivity index (χ1n) is 3.68. The second-order valence-corrected chi connectivity index (χ2v) is 2.96. The van der Waals surface area contributed by atoms with Crippen molar-refractivity contribution in [2.75, 3.05) is 13.7 Å². The monoisotopic (exact) mass is 158 g/mol. The van der Waals surface area contributed by atoms with Crippen LogP contribution in [0.4, 0.5) is 0 Å². The smallest absolute Gasteiger partial charge is 0.177 e. The molecule has 1 aliphatic heterocycles. The van der Waals surface area contributed by atoms with E-state index in [4.69, 9.17) is 14.6 Å². The van der Waals surface area contributed by atoms with Crippen molar-refractivity contribution in [3.63, 3.8) is 0 Å². The molecule has 2 atom stereocenters. The van der Waals surface area contributed by atoms with Crippen molar-refractivity contribution >= 4 is 0 Å². The summed E-state index contributed by atoms with van der Waals surface area (Å²) in [6.45, 7) is 1.89. The highest BCUT2D eigenvalue weighted by Gasteiger charge is 2.28. The lowest BCUT2D eigenvalue weighted by Crippen LogP contribution is -2.39. The molecule has 0 radical (unpaired) electrons. The topological polar surface area (TPSA) is 38.7 Å². The van der Waals surface area contributed by atoms with Crippen LogP contribution in [0.25, 0.3) is 0 Å². The van der Waals surface area contributed by atoms with Crippen molar-refractivity contribution in [1.29, 1.82) is 0 Å². The average molecular weight is 158 g/mol. The summed E-state index contributed by atoms with van der Waals surface area (Å²) in [5.41, 5.74) is -0.463. The molecule has 1 heterocycles. The fourth-order valence-corrected chi connectivity index (χ4v) is 1.02. The zero-order valence-corrected chi connectivity index (χ0v) is 6.91. The summed E-state index contributed by atoms with van der Waals surface area (Å²) >= 11 is 0. The summed E-state index contributed by atoms with van der Waals surface area (Å²) in [6.07, 6.45) is 4.25. The quantitative estimate of drug-likeness (QED) is 0.601. The van der Waals surface area contributed by atoms with Gasteiger partial charge in [0.2, 0.25) is 0 Å². The van der Waals surface area contributed by atoms with Gasteiger partial charge < -0.3 is 14.6 Å². The molecule has 0 aromatic heterocycles. The SMILES string of the molecule is CO[C@H]1C=CC[C@@](C)(CO)O1. The lowest BCUT2D eigenvalue weighted by atomic mass is 10.0. The van der Waals surface area contributed by atoms with E-state index in [0.29, 0.717) is 0 Å². The second-order valence-electron chi connectivity index (χ2n) is 2.96. The van der Waals surface area contributed by atoms with Crippen molar-refractivity contribution < 1.29 is 14.6 Å². The van der Waals surface area contributed by atoms with E-state index in [9.17, 15) is 0 Å². The molecule has 3 heteroatoms.